The lowest BCUT2D eigenvalue weighted by Gasteiger charge is -2.32. The van der Waals surface area contributed by atoms with Gasteiger partial charge in [-0.2, -0.15) is 0 Å². The summed E-state index contributed by atoms with van der Waals surface area (Å²) in [6.45, 7) is -0.291. The molecule has 0 aliphatic carbocycles. The number of halogens is 1. The van der Waals surface area contributed by atoms with Gasteiger partial charge in [0.15, 0.2) is 0 Å². The fourth-order valence-corrected chi connectivity index (χ4v) is 2.68. The summed E-state index contributed by atoms with van der Waals surface area (Å²) in [6.07, 6.45) is 0. The maximum absolute atomic E-state index is 12.3. The molecule has 146 valence electrons. The van der Waals surface area contributed by atoms with Gasteiger partial charge in [0, 0.05) is 12.8 Å². The van der Waals surface area contributed by atoms with Crippen molar-refractivity contribution in [3.05, 3.63) is 34.5 Å². The normalized spacial score (nSPS) is 14.0. The number of esters is 2. The van der Waals surface area contributed by atoms with Crippen molar-refractivity contribution in [2.45, 2.75) is 0 Å². The third kappa shape index (κ3) is 4.76. The zero-order valence-electron chi connectivity index (χ0n) is 15.0. The van der Waals surface area contributed by atoms with Gasteiger partial charge in [-0.1, -0.05) is 11.6 Å². The molecule has 0 bridgehead atoms. The highest BCUT2D eigenvalue weighted by Gasteiger charge is 2.33. The van der Waals surface area contributed by atoms with Crippen molar-refractivity contribution in [2.24, 2.45) is 0 Å². The van der Waals surface area contributed by atoms with Gasteiger partial charge in [0.1, 0.15) is 19.0 Å². The molecule has 0 unspecified atom stereocenters. The molecule has 1 aliphatic rings. The van der Waals surface area contributed by atoms with Gasteiger partial charge in [0.05, 0.1) is 37.1 Å². The molecule has 9 nitrogen and oxygen atoms in total. The Morgan fingerprint density at radius 2 is 1.89 bits per heavy atom. The Balaban J connectivity index is 2.49. The first-order valence-electron chi connectivity index (χ1n) is 7.76. The second kappa shape index (κ2) is 9.36. The molecule has 0 spiro atoms. The molecule has 0 saturated heterocycles. The average molecular weight is 399 g/mol. The van der Waals surface area contributed by atoms with Crippen molar-refractivity contribution in [3.63, 3.8) is 0 Å². The fraction of sp³-hybridized carbons (Fsp3) is 0.353. The molecule has 0 aromatic heterocycles. The summed E-state index contributed by atoms with van der Waals surface area (Å²) in [5.41, 5.74) is 0.720. The van der Waals surface area contributed by atoms with Crippen molar-refractivity contribution in [2.75, 3.05) is 51.5 Å². The van der Waals surface area contributed by atoms with E-state index in [0.29, 0.717) is 11.4 Å². The summed E-state index contributed by atoms with van der Waals surface area (Å²) >= 11 is 6.28. The van der Waals surface area contributed by atoms with Crippen LogP contribution in [0.2, 0.25) is 5.02 Å². The highest BCUT2D eigenvalue weighted by atomic mass is 35.5. The third-order valence-electron chi connectivity index (χ3n) is 3.63. The second-order valence-corrected chi connectivity index (χ2v) is 5.77. The zero-order chi connectivity index (χ0) is 20.0. The number of benzene rings is 1. The van der Waals surface area contributed by atoms with E-state index in [-0.39, 0.29) is 42.1 Å². The lowest BCUT2D eigenvalue weighted by molar-refractivity contribution is -0.140. The van der Waals surface area contributed by atoms with Crippen LogP contribution < -0.4 is 10.2 Å². The lowest BCUT2D eigenvalue weighted by Crippen LogP contribution is -2.39. The van der Waals surface area contributed by atoms with Crippen LogP contribution in [0.1, 0.15) is 0 Å². The topological polar surface area (TPSA) is 103 Å². The van der Waals surface area contributed by atoms with Crippen molar-refractivity contribution < 1.29 is 33.3 Å². The minimum atomic E-state index is -0.747. The molecule has 0 saturated carbocycles. The van der Waals surface area contributed by atoms with E-state index in [1.54, 1.807) is 18.2 Å². The number of nitrogens with one attached hydrogen (secondary N) is 1. The molecule has 1 heterocycles. The molecule has 1 amide bonds. The number of carbonyl (C=O) groups is 3. The van der Waals surface area contributed by atoms with E-state index >= 15 is 0 Å². The Labute approximate surface area is 160 Å². The van der Waals surface area contributed by atoms with Crippen molar-refractivity contribution in [1.29, 1.82) is 0 Å². The van der Waals surface area contributed by atoms with Gasteiger partial charge >= 0.3 is 11.9 Å². The minimum Gasteiger partial charge on any atom is -0.466 e. The Kier molecular flexibility index (Phi) is 7.17. The Bertz CT molecular complexity index is 779. The number of anilines is 2. The Morgan fingerprint density at radius 1 is 1.19 bits per heavy atom. The molecule has 2 rings (SSSR count). The van der Waals surface area contributed by atoms with Crippen LogP contribution in [0, 0.1) is 0 Å². The quantitative estimate of drug-likeness (QED) is 0.715. The number of ether oxygens (including phenoxy) is 4. The van der Waals surface area contributed by atoms with Crippen LogP contribution in [0.3, 0.4) is 0 Å². The first-order chi connectivity index (χ1) is 12.9. The summed E-state index contributed by atoms with van der Waals surface area (Å²) < 4.78 is 19.7. The molecule has 0 atom stereocenters. The van der Waals surface area contributed by atoms with Crippen LogP contribution in [0.5, 0.6) is 0 Å². The molecule has 0 fully saturated rings. The molecule has 0 radical (unpaired) electrons. The lowest BCUT2D eigenvalue weighted by atomic mass is 10.1. The first-order valence-corrected chi connectivity index (χ1v) is 8.14. The largest absolute Gasteiger partial charge is 0.466 e. The SMILES string of the molecule is COCC(=O)Nc1ccc(Cl)c(N2COCC(C(=O)OC)=C2C(=O)OC)c1. The van der Waals surface area contributed by atoms with Gasteiger partial charge in [-0.05, 0) is 18.2 Å². The number of hydrogen-bond acceptors (Lipinski definition) is 8. The standard InChI is InChI=1S/C17H19ClN2O7/c1-24-8-14(21)19-10-4-5-12(18)13(6-10)20-9-27-7-11(16(22)25-2)15(20)17(23)26-3/h4-6H,7-9H2,1-3H3,(H,19,21). The van der Waals surface area contributed by atoms with Crippen molar-refractivity contribution in [3.8, 4) is 0 Å². The number of amides is 1. The minimum absolute atomic E-state index is 0.000452. The molecule has 10 heteroatoms. The maximum atomic E-state index is 12.3. The van der Waals surface area contributed by atoms with E-state index in [4.69, 9.17) is 30.5 Å². The molecular weight excluding hydrogens is 380 g/mol. The Morgan fingerprint density at radius 3 is 2.52 bits per heavy atom. The van der Waals surface area contributed by atoms with E-state index in [9.17, 15) is 14.4 Å². The van der Waals surface area contributed by atoms with E-state index in [1.807, 2.05) is 0 Å². The number of carbonyl (C=O) groups excluding carboxylic acids is 3. The number of methoxy groups -OCH3 is 3. The first kappa shape index (κ1) is 20.7. The smallest absolute Gasteiger partial charge is 0.355 e. The van der Waals surface area contributed by atoms with Gasteiger partial charge in [-0.3, -0.25) is 4.79 Å². The highest BCUT2D eigenvalue weighted by molar-refractivity contribution is 6.33. The van der Waals surface area contributed by atoms with Crippen LogP contribution in [0.15, 0.2) is 29.5 Å². The monoisotopic (exact) mass is 398 g/mol. The summed E-state index contributed by atoms with van der Waals surface area (Å²) in [4.78, 5) is 37.5. The van der Waals surface area contributed by atoms with Crippen LogP contribution in [-0.4, -0.2) is 59.1 Å². The number of nitrogens with zero attached hydrogens (tertiary/aromatic N) is 1. The van der Waals surface area contributed by atoms with Crippen LogP contribution in [-0.2, 0) is 33.3 Å². The molecular formula is C17H19ClN2O7. The molecule has 1 aliphatic heterocycles. The second-order valence-electron chi connectivity index (χ2n) is 5.36. The van der Waals surface area contributed by atoms with E-state index in [2.05, 4.69) is 5.32 Å². The van der Waals surface area contributed by atoms with Gasteiger partial charge < -0.3 is 29.2 Å². The van der Waals surface area contributed by atoms with Crippen molar-refractivity contribution >= 4 is 40.8 Å². The fourth-order valence-electron chi connectivity index (χ4n) is 2.46. The summed E-state index contributed by atoms with van der Waals surface area (Å²) in [5.74, 6) is -1.83. The third-order valence-corrected chi connectivity index (χ3v) is 3.95. The summed E-state index contributed by atoms with van der Waals surface area (Å²) in [7, 11) is 3.79. The van der Waals surface area contributed by atoms with Crippen molar-refractivity contribution in [1.82, 2.24) is 0 Å². The van der Waals surface area contributed by atoms with Gasteiger partial charge in [-0.25, -0.2) is 9.59 Å². The summed E-state index contributed by atoms with van der Waals surface area (Å²) in [5, 5.41) is 2.91. The zero-order valence-corrected chi connectivity index (χ0v) is 15.8. The van der Waals surface area contributed by atoms with Crippen LogP contribution in [0.25, 0.3) is 0 Å². The highest BCUT2D eigenvalue weighted by Crippen LogP contribution is 2.34. The van der Waals surface area contributed by atoms with Gasteiger partial charge in [0.2, 0.25) is 5.91 Å². The number of hydrogen-bond donors (Lipinski definition) is 1. The van der Waals surface area contributed by atoms with E-state index in [1.165, 1.54) is 26.2 Å². The summed E-state index contributed by atoms with van der Waals surface area (Å²) in [6, 6.07) is 4.68. The van der Waals surface area contributed by atoms with E-state index in [0.717, 1.165) is 0 Å². The predicted octanol–water partition coefficient (Wildman–Crippen LogP) is 1.32. The van der Waals surface area contributed by atoms with Crippen LogP contribution >= 0.6 is 11.6 Å². The van der Waals surface area contributed by atoms with E-state index < -0.39 is 11.9 Å². The molecule has 1 N–H and O–H groups in total. The molecule has 1 aromatic carbocycles. The Hall–Kier alpha value is -2.62. The van der Waals surface area contributed by atoms with Gasteiger partial charge in [0.25, 0.3) is 0 Å². The average Bonchev–Trinajstić information content (AvgIpc) is 2.67. The molecule has 1 aromatic rings. The van der Waals surface area contributed by atoms with Crippen LogP contribution in [0.4, 0.5) is 11.4 Å². The molecule has 27 heavy (non-hydrogen) atoms. The van der Waals surface area contributed by atoms with Gasteiger partial charge in [-0.15, -0.1) is 0 Å². The number of rotatable bonds is 6. The maximum Gasteiger partial charge on any atom is 0.355 e. The predicted molar refractivity (Wildman–Crippen MR) is 96.3 cm³/mol.